The standard InChI is InChI=1S/C11H14O2/c1-7-5-11(6-8(7)2)9(12)3-4-10(11)13/h5,8H,3-4,6H2,1-2H3. The lowest BCUT2D eigenvalue weighted by Crippen LogP contribution is -2.28. The van der Waals surface area contributed by atoms with Gasteiger partial charge in [-0.2, -0.15) is 0 Å². The first-order valence-electron chi connectivity index (χ1n) is 4.82. The first kappa shape index (κ1) is 8.67. The Labute approximate surface area is 78.0 Å². The molecule has 70 valence electrons. The average Bonchev–Trinajstić information content (AvgIpc) is 2.50. The van der Waals surface area contributed by atoms with Gasteiger partial charge in [-0.25, -0.2) is 0 Å². The lowest BCUT2D eigenvalue weighted by atomic mass is 9.82. The zero-order valence-electron chi connectivity index (χ0n) is 8.09. The van der Waals surface area contributed by atoms with Gasteiger partial charge < -0.3 is 0 Å². The van der Waals surface area contributed by atoms with Crippen LogP contribution in [0.3, 0.4) is 0 Å². The van der Waals surface area contributed by atoms with Crippen molar-refractivity contribution in [1.82, 2.24) is 0 Å². The Balaban J connectivity index is 2.42. The highest BCUT2D eigenvalue weighted by Crippen LogP contribution is 2.46. The normalized spacial score (nSPS) is 31.5. The maximum atomic E-state index is 11.6. The Kier molecular flexibility index (Phi) is 1.69. The molecule has 1 fully saturated rings. The molecule has 2 aliphatic rings. The van der Waals surface area contributed by atoms with Gasteiger partial charge in [0, 0.05) is 12.8 Å². The van der Waals surface area contributed by atoms with Crippen molar-refractivity contribution in [3.8, 4) is 0 Å². The molecular weight excluding hydrogens is 164 g/mol. The molecule has 0 radical (unpaired) electrons. The third kappa shape index (κ3) is 1.01. The predicted octanol–water partition coefficient (Wildman–Crippen LogP) is 1.89. The van der Waals surface area contributed by atoms with E-state index in [4.69, 9.17) is 0 Å². The van der Waals surface area contributed by atoms with E-state index in [1.54, 1.807) is 0 Å². The maximum absolute atomic E-state index is 11.6. The van der Waals surface area contributed by atoms with Crippen LogP contribution in [0.25, 0.3) is 0 Å². The van der Waals surface area contributed by atoms with E-state index in [1.807, 2.05) is 13.0 Å². The number of ketones is 2. The number of allylic oxidation sites excluding steroid dienone is 2. The van der Waals surface area contributed by atoms with Crippen molar-refractivity contribution in [3.05, 3.63) is 11.6 Å². The zero-order valence-corrected chi connectivity index (χ0v) is 8.09. The minimum atomic E-state index is -0.691. The van der Waals surface area contributed by atoms with Crippen LogP contribution in [-0.4, -0.2) is 11.6 Å². The largest absolute Gasteiger partial charge is 0.298 e. The fourth-order valence-corrected chi connectivity index (χ4v) is 2.45. The van der Waals surface area contributed by atoms with Crippen molar-refractivity contribution in [2.45, 2.75) is 33.1 Å². The molecule has 2 aliphatic carbocycles. The summed E-state index contributed by atoms with van der Waals surface area (Å²) in [5.74, 6) is 0.674. The molecule has 0 aromatic rings. The molecular formula is C11H14O2. The first-order valence-corrected chi connectivity index (χ1v) is 4.82. The van der Waals surface area contributed by atoms with Crippen molar-refractivity contribution in [3.63, 3.8) is 0 Å². The third-order valence-corrected chi connectivity index (χ3v) is 3.45. The molecule has 0 aliphatic heterocycles. The van der Waals surface area contributed by atoms with Crippen LogP contribution in [0.15, 0.2) is 11.6 Å². The van der Waals surface area contributed by atoms with Gasteiger partial charge in [0.05, 0.1) is 0 Å². The maximum Gasteiger partial charge on any atom is 0.150 e. The van der Waals surface area contributed by atoms with Crippen LogP contribution >= 0.6 is 0 Å². The van der Waals surface area contributed by atoms with Crippen molar-refractivity contribution in [2.24, 2.45) is 11.3 Å². The van der Waals surface area contributed by atoms with Crippen LogP contribution in [0, 0.1) is 11.3 Å². The van der Waals surface area contributed by atoms with E-state index < -0.39 is 5.41 Å². The quantitative estimate of drug-likeness (QED) is 0.419. The van der Waals surface area contributed by atoms with Crippen LogP contribution in [-0.2, 0) is 9.59 Å². The highest BCUT2D eigenvalue weighted by atomic mass is 16.2. The monoisotopic (exact) mass is 178 g/mol. The first-order chi connectivity index (χ1) is 6.06. The molecule has 0 bridgehead atoms. The van der Waals surface area contributed by atoms with Gasteiger partial charge in [0.2, 0.25) is 0 Å². The Morgan fingerprint density at radius 2 is 1.85 bits per heavy atom. The van der Waals surface area contributed by atoms with E-state index in [0.717, 1.165) is 6.42 Å². The molecule has 1 spiro atoms. The molecule has 1 atom stereocenters. The van der Waals surface area contributed by atoms with Gasteiger partial charge >= 0.3 is 0 Å². The van der Waals surface area contributed by atoms with Gasteiger partial charge in [-0.3, -0.25) is 9.59 Å². The third-order valence-electron chi connectivity index (χ3n) is 3.45. The SMILES string of the molecule is CC1=CC2(CC1C)C(=O)CCC2=O. The second kappa shape index (κ2) is 2.53. The van der Waals surface area contributed by atoms with Crippen molar-refractivity contribution in [2.75, 3.05) is 0 Å². The number of hydrogen-bond acceptors (Lipinski definition) is 2. The van der Waals surface area contributed by atoms with E-state index >= 15 is 0 Å². The second-order valence-corrected chi connectivity index (χ2v) is 4.31. The summed E-state index contributed by atoms with van der Waals surface area (Å²) in [6.45, 7) is 4.10. The highest BCUT2D eigenvalue weighted by Gasteiger charge is 2.51. The van der Waals surface area contributed by atoms with E-state index in [1.165, 1.54) is 5.57 Å². The van der Waals surface area contributed by atoms with Gasteiger partial charge in [0.1, 0.15) is 5.41 Å². The molecule has 0 heterocycles. The summed E-state index contributed by atoms with van der Waals surface area (Å²) >= 11 is 0. The fraction of sp³-hybridized carbons (Fsp3) is 0.636. The van der Waals surface area contributed by atoms with E-state index in [0.29, 0.717) is 18.8 Å². The molecule has 0 amide bonds. The summed E-state index contributed by atoms with van der Waals surface area (Å²) < 4.78 is 0. The van der Waals surface area contributed by atoms with Gasteiger partial charge in [-0.05, 0) is 19.3 Å². The van der Waals surface area contributed by atoms with E-state index in [9.17, 15) is 9.59 Å². The number of hydrogen-bond donors (Lipinski definition) is 0. The Morgan fingerprint density at radius 3 is 2.23 bits per heavy atom. The predicted molar refractivity (Wildman–Crippen MR) is 49.2 cm³/mol. The molecule has 2 nitrogen and oxygen atoms in total. The smallest absolute Gasteiger partial charge is 0.150 e. The van der Waals surface area contributed by atoms with Crippen molar-refractivity contribution < 1.29 is 9.59 Å². The minimum Gasteiger partial charge on any atom is -0.298 e. The van der Waals surface area contributed by atoms with Crippen LogP contribution in [0.1, 0.15) is 33.1 Å². The van der Waals surface area contributed by atoms with Crippen LogP contribution in [0.2, 0.25) is 0 Å². The second-order valence-electron chi connectivity index (χ2n) is 4.31. The molecule has 0 aromatic heterocycles. The highest BCUT2D eigenvalue weighted by molar-refractivity contribution is 6.15. The fourth-order valence-electron chi connectivity index (χ4n) is 2.45. The van der Waals surface area contributed by atoms with Crippen molar-refractivity contribution in [1.29, 1.82) is 0 Å². The average molecular weight is 178 g/mol. The lowest BCUT2D eigenvalue weighted by Gasteiger charge is -2.17. The molecule has 13 heavy (non-hydrogen) atoms. The molecule has 0 N–H and O–H groups in total. The molecule has 0 aromatic carbocycles. The van der Waals surface area contributed by atoms with Gasteiger partial charge in [-0.15, -0.1) is 0 Å². The minimum absolute atomic E-state index is 0.140. The van der Waals surface area contributed by atoms with Crippen LogP contribution < -0.4 is 0 Å². The number of Topliss-reactive ketones (excluding diaryl/α,β-unsaturated/α-hetero) is 2. The number of rotatable bonds is 0. The molecule has 1 unspecified atom stereocenters. The van der Waals surface area contributed by atoms with Crippen LogP contribution in [0.4, 0.5) is 0 Å². The Hall–Kier alpha value is -0.920. The van der Waals surface area contributed by atoms with E-state index in [2.05, 4.69) is 6.92 Å². The molecule has 0 saturated heterocycles. The Bertz CT molecular complexity index is 296. The van der Waals surface area contributed by atoms with Crippen LogP contribution in [0.5, 0.6) is 0 Å². The topological polar surface area (TPSA) is 34.1 Å². The number of carbonyl (C=O) groups excluding carboxylic acids is 2. The molecule has 2 heteroatoms. The molecule has 1 saturated carbocycles. The van der Waals surface area contributed by atoms with Gasteiger partial charge in [-0.1, -0.05) is 18.6 Å². The summed E-state index contributed by atoms with van der Waals surface area (Å²) in [5, 5.41) is 0. The Morgan fingerprint density at radius 1 is 1.31 bits per heavy atom. The van der Waals surface area contributed by atoms with Crippen molar-refractivity contribution >= 4 is 11.6 Å². The summed E-state index contributed by atoms with van der Waals surface area (Å²) in [5.41, 5.74) is 0.507. The zero-order chi connectivity index (χ0) is 9.64. The summed E-state index contributed by atoms with van der Waals surface area (Å²) in [4.78, 5) is 23.3. The van der Waals surface area contributed by atoms with Gasteiger partial charge in [0.25, 0.3) is 0 Å². The number of carbonyl (C=O) groups is 2. The summed E-state index contributed by atoms with van der Waals surface area (Å²) in [6.07, 6.45) is 3.54. The lowest BCUT2D eigenvalue weighted by molar-refractivity contribution is -0.132. The molecule has 2 rings (SSSR count). The van der Waals surface area contributed by atoms with Gasteiger partial charge in [0.15, 0.2) is 11.6 Å². The van der Waals surface area contributed by atoms with E-state index in [-0.39, 0.29) is 11.6 Å². The summed E-state index contributed by atoms with van der Waals surface area (Å²) in [7, 11) is 0. The summed E-state index contributed by atoms with van der Waals surface area (Å²) in [6, 6.07) is 0.